The van der Waals surface area contributed by atoms with Gasteiger partial charge in [-0.25, -0.2) is 4.98 Å². The number of anilines is 1. The lowest BCUT2D eigenvalue weighted by Gasteiger charge is -2.37. The average molecular weight is 286 g/mol. The average Bonchev–Trinajstić information content (AvgIpc) is 2.79. The van der Waals surface area contributed by atoms with Gasteiger partial charge in [-0.2, -0.15) is 0 Å². The Hall–Kier alpha value is -1.88. The van der Waals surface area contributed by atoms with E-state index in [2.05, 4.69) is 10.3 Å². The molecule has 0 spiro atoms. The van der Waals surface area contributed by atoms with Gasteiger partial charge in [0.2, 0.25) is 5.91 Å². The number of aryl methyl sites for hydroxylation is 1. The molecule has 2 unspecified atom stereocenters. The van der Waals surface area contributed by atoms with Gasteiger partial charge in [0, 0.05) is 18.3 Å². The van der Waals surface area contributed by atoms with Crippen LogP contribution in [0.2, 0.25) is 0 Å². The SMILES string of the molecule is Cn1cnc2cc(NC(=O)C3CCCCC3(C)N)ccc21. The van der Waals surface area contributed by atoms with E-state index in [4.69, 9.17) is 5.73 Å². The highest BCUT2D eigenvalue weighted by atomic mass is 16.1. The Balaban J connectivity index is 1.79. The van der Waals surface area contributed by atoms with E-state index in [1.807, 2.05) is 36.7 Å². The van der Waals surface area contributed by atoms with E-state index >= 15 is 0 Å². The number of benzene rings is 1. The molecule has 2 aromatic rings. The molecule has 2 atom stereocenters. The number of imidazole rings is 1. The van der Waals surface area contributed by atoms with Gasteiger partial charge < -0.3 is 15.6 Å². The molecule has 112 valence electrons. The number of carbonyl (C=O) groups is 1. The van der Waals surface area contributed by atoms with E-state index < -0.39 is 5.54 Å². The predicted molar refractivity (Wildman–Crippen MR) is 83.9 cm³/mol. The summed E-state index contributed by atoms with van der Waals surface area (Å²) < 4.78 is 1.96. The Morgan fingerprint density at radius 2 is 2.29 bits per heavy atom. The number of fused-ring (bicyclic) bond motifs is 1. The predicted octanol–water partition coefficient (Wildman–Crippen LogP) is 2.42. The van der Waals surface area contributed by atoms with Crippen LogP contribution in [-0.4, -0.2) is 21.0 Å². The fourth-order valence-corrected chi connectivity index (χ4v) is 3.23. The van der Waals surface area contributed by atoms with Crippen molar-refractivity contribution in [3.8, 4) is 0 Å². The molecule has 1 amide bonds. The van der Waals surface area contributed by atoms with Crippen LogP contribution in [0.3, 0.4) is 0 Å². The third-order valence-corrected chi connectivity index (χ3v) is 4.56. The minimum Gasteiger partial charge on any atom is -0.334 e. The van der Waals surface area contributed by atoms with Crippen molar-refractivity contribution in [3.63, 3.8) is 0 Å². The van der Waals surface area contributed by atoms with E-state index in [9.17, 15) is 4.79 Å². The number of carbonyl (C=O) groups excluding carboxylic acids is 1. The number of rotatable bonds is 2. The molecule has 1 aliphatic carbocycles. The second kappa shape index (κ2) is 5.15. The summed E-state index contributed by atoms with van der Waals surface area (Å²) in [7, 11) is 1.95. The first kappa shape index (κ1) is 14.1. The van der Waals surface area contributed by atoms with Crippen molar-refractivity contribution >= 4 is 22.6 Å². The number of aromatic nitrogens is 2. The monoisotopic (exact) mass is 286 g/mol. The summed E-state index contributed by atoms with van der Waals surface area (Å²) in [4.78, 5) is 16.8. The summed E-state index contributed by atoms with van der Waals surface area (Å²) >= 11 is 0. The summed E-state index contributed by atoms with van der Waals surface area (Å²) in [5, 5.41) is 3.00. The summed E-state index contributed by atoms with van der Waals surface area (Å²) in [5.74, 6) is -0.0966. The zero-order valence-electron chi connectivity index (χ0n) is 12.6. The topological polar surface area (TPSA) is 72.9 Å². The van der Waals surface area contributed by atoms with Gasteiger partial charge in [-0.1, -0.05) is 12.8 Å². The summed E-state index contributed by atoms with van der Waals surface area (Å²) in [6.45, 7) is 1.98. The van der Waals surface area contributed by atoms with Gasteiger partial charge in [0.25, 0.3) is 0 Å². The molecule has 1 aromatic heterocycles. The molecule has 0 radical (unpaired) electrons. The first-order valence-electron chi connectivity index (χ1n) is 7.48. The zero-order valence-corrected chi connectivity index (χ0v) is 12.6. The van der Waals surface area contributed by atoms with E-state index in [1.165, 1.54) is 0 Å². The Kier molecular flexibility index (Phi) is 3.45. The fraction of sp³-hybridized carbons (Fsp3) is 0.500. The lowest BCUT2D eigenvalue weighted by molar-refractivity contribution is -0.122. The largest absolute Gasteiger partial charge is 0.334 e. The van der Waals surface area contributed by atoms with Crippen molar-refractivity contribution < 1.29 is 4.79 Å². The van der Waals surface area contributed by atoms with Crippen molar-refractivity contribution in [2.45, 2.75) is 38.1 Å². The van der Waals surface area contributed by atoms with Gasteiger partial charge in [-0.05, 0) is 38.0 Å². The summed E-state index contributed by atoms with van der Waals surface area (Å²) in [6.07, 6.45) is 5.73. The smallest absolute Gasteiger partial charge is 0.229 e. The molecule has 1 saturated carbocycles. The van der Waals surface area contributed by atoms with Gasteiger partial charge in [-0.3, -0.25) is 4.79 Å². The molecule has 21 heavy (non-hydrogen) atoms. The first-order valence-corrected chi connectivity index (χ1v) is 7.48. The number of nitrogens with zero attached hydrogens (tertiary/aromatic N) is 2. The second-order valence-electron chi connectivity index (χ2n) is 6.35. The molecular weight excluding hydrogens is 264 g/mol. The molecule has 1 aliphatic rings. The zero-order chi connectivity index (χ0) is 15.0. The number of amides is 1. The van der Waals surface area contributed by atoms with Crippen molar-refractivity contribution in [1.29, 1.82) is 0 Å². The van der Waals surface area contributed by atoms with Crippen LogP contribution in [0.4, 0.5) is 5.69 Å². The highest BCUT2D eigenvalue weighted by Crippen LogP contribution is 2.32. The molecule has 1 fully saturated rings. The van der Waals surface area contributed by atoms with Crippen LogP contribution < -0.4 is 11.1 Å². The maximum absolute atomic E-state index is 12.5. The first-order chi connectivity index (χ1) is 9.97. The molecule has 0 bridgehead atoms. The highest BCUT2D eigenvalue weighted by molar-refractivity contribution is 5.95. The number of nitrogens with one attached hydrogen (secondary N) is 1. The van der Waals surface area contributed by atoms with E-state index in [-0.39, 0.29) is 11.8 Å². The quantitative estimate of drug-likeness (QED) is 0.890. The summed E-state index contributed by atoms with van der Waals surface area (Å²) in [6, 6.07) is 5.79. The minimum absolute atomic E-state index is 0.0231. The van der Waals surface area contributed by atoms with Crippen molar-refractivity contribution in [2.75, 3.05) is 5.32 Å². The van der Waals surface area contributed by atoms with Crippen LogP contribution in [0.15, 0.2) is 24.5 Å². The number of hydrogen-bond acceptors (Lipinski definition) is 3. The van der Waals surface area contributed by atoms with Crippen molar-refractivity contribution in [1.82, 2.24) is 9.55 Å². The molecule has 3 rings (SSSR count). The lowest BCUT2D eigenvalue weighted by atomic mass is 9.74. The van der Waals surface area contributed by atoms with E-state index in [0.29, 0.717) is 0 Å². The van der Waals surface area contributed by atoms with Crippen LogP contribution in [0, 0.1) is 5.92 Å². The molecule has 0 aliphatic heterocycles. The van der Waals surface area contributed by atoms with E-state index in [1.54, 1.807) is 6.33 Å². The highest BCUT2D eigenvalue weighted by Gasteiger charge is 2.37. The third-order valence-electron chi connectivity index (χ3n) is 4.56. The van der Waals surface area contributed by atoms with Crippen molar-refractivity contribution in [3.05, 3.63) is 24.5 Å². The maximum Gasteiger partial charge on any atom is 0.229 e. The van der Waals surface area contributed by atoms with Crippen LogP contribution >= 0.6 is 0 Å². The fourth-order valence-electron chi connectivity index (χ4n) is 3.23. The van der Waals surface area contributed by atoms with Gasteiger partial charge >= 0.3 is 0 Å². The Morgan fingerprint density at radius 1 is 1.48 bits per heavy atom. The van der Waals surface area contributed by atoms with Crippen LogP contribution in [0.25, 0.3) is 11.0 Å². The second-order valence-corrected chi connectivity index (χ2v) is 6.35. The third kappa shape index (κ3) is 2.65. The van der Waals surface area contributed by atoms with Crippen LogP contribution in [-0.2, 0) is 11.8 Å². The molecule has 1 aromatic carbocycles. The molecule has 0 saturated heterocycles. The molecular formula is C16H22N4O. The van der Waals surface area contributed by atoms with Gasteiger partial charge in [0.1, 0.15) is 0 Å². The minimum atomic E-state index is -0.405. The summed E-state index contributed by atoms with van der Waals surface area (Å²) in [5.41, 5.74) is 8.61. The Labute approximate surface area is 124 Å². The Morgan fingerprint density at radius 3 is 3.05 bits per heavy atom. The Bertz CT molecular complexity index is 674. The molecule has 1 heterocycles. The molecule has 5 nitrogen and oxygen atoms in total. The van der Waals surface area contributed by atoms with Gasteiger partial charge in [-0.15, -0.1) is 0 Å². The normalized spacial score (nSPS) is 26.0. The maximum atomic E-state index is 12.5. The lowest BCUT2D eigenvalue weighted by Crippen LogP contribution is -2.51. The van der Waals surface area contributed by atoms with Gasteiger partial charge in [0.05, 0.1) is 23.3 Å². The molecule has 3 N–H and O–H groups in total. The van der Waals surface area contributed by atoms with Crippen molar-refractivity contribution in [2.24, 2.45) is 18.7 Å². The molecule has 5 heteroatoms. The standard InChI is InChI=1S/C16H22N4O/c1-16(17)8-4-3-5-12(16)15(21)19-11-6-7-14-13(9-11)18-10-20(14)2/h6-7,9-10,12H,3-5,8,17H2,1-2H3,(H,19,21). The van der Waals surface area contributed by atoms with Crippen LogP contribution in [0.1, 0.15) is 32.6 Å². The number of hydrogen-bond donors (Lipinski definition) is 2. The van der Waals surface area contributed by atoms with Crippen LogP contribution in [0.5, 0.6) is 0 Å². The van der Waals surface area contributed by atoms with E-state index in [0.717, 1.165) is 42.4 Å². The van der Waals surface area contributed by atoms with Gasteiger partial charge in [0.15, 0.2) is 0 Å². The number of nitrogens with two attached hydrogens (primary N) is 1.